The Labute approximate surface area is 140 Å². The number of aliphatic hydroxyl groups excluding tert-OH is 1. The summed E-state index contributed by atoms with van der Waals surface area (Å²) in [7, 11) is 0. The van der Waals surface area contributed by atoms with Gasteiger partial charge in [-0.15, -0.1) is 0 Å². The molecule has 0 spiro atoms. The number of hydrogen-bond acceptors (Lipinski definition) is 4. The zero-order valence-corrected chi connectivity index (χ0v) is 13.6. The van der Waals surface area contributed by atoms with Crippen molar-refractivity contribution >= 4 is 16.8 Å². The number of likely N-dealkylation sites (tertiary alicyclic amines) is 1. The lowest BCUT2D eigenvalue weighted by Gasteiger charge is -2.30. The number of nitrogens with two attached hydrogens (primary N) is 1. The van der Waals surface area contributed by atoms with E-state index < -0.39 is 5.91 Å². The monoisotopic (exact) mass is 329 g/mol. The summed E-state index contributed by atoms with van der Waals surface area (Å²) in [5.74, 6) is -0.420. The van der Waals surface area contributed by atoms with Crippen molar-refractivity contribution in [1.82, 2.24) is 9.47 Å². The van der Waals surface area contributed by atoms with Gasteiger partial charge in [0.25, 0.3) is 0 Å². The summed E-state index contributed by atoms with van der Waals surface area (Å²) in [4.78, 5) is 13.7. The number of β-amino-alcohol motifs (C(OH)–C–C–N with tert-alkyl or cyclic N) is 1. The second-order valence-corrected chi connectivity index (χ2v) is 6.79. The maximum Gasteiger partial charge on any atom is 0.248 e. The molecule has 4 rings (SSSR count). The number of hydrogen-bond donors (Lipinski definition) is 2. The van der Waals surface area contributed by atoms with Crippen LogP contribution in [0.1, 0.15) is 29.2 Å². The standard InChI is InChI=1S/C18H23N3O3/c19-18(23)13-1-2-15-12(9-13)3-6-21(15)16-10-20(11-17(16)22)14-4-7-24-8-5-14/h1-3,6,9,14,16-17,22H,4-5,7-8,10-11H2,(H2,19,23)/t16-,17-/m1/s1. The average Bonchev–Trinajstić information content (AvgIpc) is 3.18. The SMILES string of the molecule is NC(=O)c1ccc2c(ccn2[C@@H]2CN(C3CCOCC3)C[C@H]2O)c1. The highest BCUT2D eigenvalue weighted by Gasteiger charge is 2.36. The van der Waals surface area contributed by atoms with Gasteiger partial charge < -0.3 is 20.1 Å². The van der Waals surface area contributed by atoms with E-state index in [0.717, 1.165) is 43.5 Å². The first kappa shape index (κ1) is 15.6. The molecular formula is C18H23N3O3. The molecule has 2 saturated heterocycles. The van der Waals surface area contributed by atoms with Gasteiger partial charge in [-0.2, -0.15) is 0 Å². The molecule has 1 aromatic heterocycles. The molecule has 0 radical (unpaired) electrons. The van der Waals surface area contributed by atoms with Crippen LogP contribution in [0.3, 0.4) is 0 Å². The largest absolute Gasteiger partial charge is 0.390 e. The predicted molar refractivity (Wildman–Crippen MR) is 90.9 cm³/mol. The minimum absolute atomic E-state index is 0.0322. The van der Waals surface area contributed by atoms with E-state index in [1.807, 2.05) is 24.4 Å². The van der Waals surface area contributed by atoms with Gasteiger partial charge in [-0.25, -0.2) is 0 Å². The van der Waals surface area contributed by atoms with E-state index in [1.165, 1.54) is 0 Å². The Morgan fingerprint density at radius 2 is 2.00 bits per heavy atom. The van der Waals surface area contributed by atoms with Gasteiger partial charge in [0.1, 0.15) is 0 Å². The zero-order chi connectivity index (χ0) is 16.7. The number of primary amides is 1. The van der Waals surface area contributed by atoms with Gasteiger partial charge in [-0.3, -0.25) is 9.69 Å². The van der Waals surface area contributed by atoms with Crippen molar-refractivity contribution < 1.29 is 14.6 Å². The fourth-order valence-electron chi connectivity index (χ4n) is 4.03. The van der Waals surface area contributed by atoms with E-state index in [0.29, 0.717) is 18.2 Å². The summed E-state index contributed by atoms with van der Waals surface area (Å²) in [6.45, 7) is 3.16. The van der Waals surface area contributed by atoms with Crippen LogP contribution in [0.15, 0.2) is 30.5 Å². The van der Waals surface area contributed by atoms with Crippen molar-refractivity contribution in [3.63, 3.8) is 0 Å². The molecule has 6 heteroatoms. The van der Waals surface area contributed by atoms with Crippen molar-refractivity contribution in [3.8, 4) is 0 Å². The predicted octanol–water partition coefficient (Wildman–Crippen LogP) is 1.14. The highest BCUT2D eigenvalue weighted by molar-refractivity contribution is 5.97. The van der Waals surface area contributed by atoms with Crippen LogP contribution in [0.2, 0.25) is 0 Å². The third-order valence-electron chi connectivity index (χ3n) is 5.36. The van der Waals surface area contributed by atoms with E-state index in [2.05, 4.69) is 9.47 Å². The number of fused-ring (bicyclic) bond motifs is 1. The van der Waals surface area contributed by atoms with Crippen molar-refractivity contribution in [3.05, 3.63) is 36.0 Å². The maximum absolute atomic E-state index is 11.3. The van der Waals surface area contributed by atoms with Gasteiger partial charge in [0.05, 0.1) is 12.1 Å². The molecule has 2 aliphatic rings. The molecule has 2 fully saturated rings. The third kappa shape index (κ3) is 2.70. The molecule has 3 N–H and O–H groups in total. The molecule has 6 nitrogen and oxygen atoms in total. The second-order valence-electron chi connectivity index (χ2n) is 6.79. The fourth-order valence-corrected chi connectivity index (χ4v) is 4.03. The minimum Gasteiger partial charge on any atom is -0.390 e. The molecule has 0 aliphatic carbocycles. The quantitative estimate of drug-likeness (QED) is 0.885. The molecule has 2 aromatic rings. The first-order chi connectivity index (χ1) is 11.6. The van der Waals surface area contributed by atoms with Crippen LogP contribution >= 0.6 is 0 Å². The molecule has 3 heterocycles. The van der Waals surface area contributed by atoms with Crippen LogP contribution < -0.4 is 5.73 Å². The molecular weight excluding hydrogens is 306 g/mol. The van der Waals surface area contributed by atoms with Gasteiger partial charge in [0.15, 0.2) is 0 Å². The van der Waals surface area contributed by atoms with Crippen molar-refractivity contribution in [1.29, 1.82) is 0 Å². The number of ether oxygens (including phenoxy) is 1. The van der Waals surface area contributed by atoms with Crippen molar-refractivity contribution in [2.24, 2.45) is 5.73 Å². The Kier molecular flexibility index (Phi) is 4.04. The van der Waals surface area contributed by atoms with Gasteiger partial charge in [0, 0.05) is 55.0 Å². The average molecular weight is 329 g/mol. The Morgan fingerprint density at radius 1 is 1.21 bits per heavy atom. The summed E-state index contributed by atoms with van der Waals surface area (Å²) in [5.41, 5.74) is 6.89. The molecule has 0 bridgehead atoms. The van der Waals surface area contributed by atoms with Crippen LogP contribution in [0.25, 0.3) is 10.9 Å². The third-order valence-corrected chi connectivity index (χ3v) is 5.36. The summed E-state index contributed by atoms with van der Waals surface area (Å²) in [6, 6.07) is 7.99. The van der Waals surface area contributed by atoms with Gasteiger partial charge in [-0.05, 0) is 37.1 Å². The lowest BCUT2D eigenvalue weighted by molar-refractivity contribution is 0.0377. The summed E-state index contributed by atoms with van der Waals surface area (Å²) < 4.78 is 7.57. The van der Waals surface area contributed by atoms with Crippen molar-refractivity contribution in [2.45, 2.75) is 31.0 Å². The molecule has 2 aliphatic heterocycles. The number of benzene rings is 1. The molecule has 0 unspecified atom stereocenters. The van der Waals surface area contributed by atoms with Crippen LogP contribution in [-0.4, -0.2) is 58.9 Å². The number of rotatable bonds is 3. The van der Waals surface area contributed by atoms with E-state index in [4.69, 9.17) is 10.5 Å². The van der Waals surface area contributed by atoms with E-state index in [1.54, 1.807) is 6.07 Å². The Bertz CT molecular complexity index is 751. The Balaban J connectivity index is 1.59. The van der Waals surface area contributed by atoms with Gasteiger partial charge in [-0.1, -0.05) is 0 Å². The van der Waals surface area contributed by atoms with Crippen LogP contribution in [0, 0.1) is 0 Å². The molecule has 128 valence electrons. The van der Waals surface area contributed by atoms with Crippen molar-refractivity contribution in [2.75, 3.05) is 26.3 Å². The first-order valence-corrected chi connectivity index (χ1v) is 8.54. The zero-order valence-electron chi connectivity index (χ0n) is 13.6. The van der Waals surface area contributed by atoms with Gasteiger partial charge in [0.2, 0.25) is 5.91 Å². The van der Waals surface area contributed by atoms with Crippen LogP contribution in [0.5, 0.6) is 0 Å². The molecule has 1 amide bonds. The number of aliphatic hydroxyl groups is 1. The number of carbonyl (C=O) groups is 1. The molecule has 1 aromatic carbocycles. The minimum atomic E-state index is -0.420. The molecule has 24 heavy (non-hydrogen) atoms. The topological polar surface area (TPSA) is 80.7 Å². The molecule has 0 saturated carbocycles. The number of carbonyl (C=O) groups excluding carboxylic acids is 1. The fraction of sp³-hybridized carbons (Fsp3) is 0.500. The summed E-state index contributed by atoms with van der Waals surface area (Å²) >= 11 is 0. The number of aromatic nitrogens is 1. The number of amides is 1. The summed E-state index contributed by atoms with van der Waals surface area (Å²) in [6.07, 6.45) is 3.68. The highest BCUT2D eigenvalue weighted by Crippen LogP contribution is 2.30. The van der Waals surface area contributed by atoms with E-state index >= 15 is 0 Å². The Hall–Kier alpha value is -1.89. The van der Waals surface area contributed by atoms with E-state index in [9.17, 15) is 9.90 Å². The number of nitrogens with zero attached hydrogens (tertiary/aromatic N) is 2. The lowest BCUT2D eigenvalue weighted by atomic mass is 10.1. The normalized spacial score (nSPS) is 26.2. The second kappa shape index (κ2) is 6.20. The first-order valence-electron chi connectivity index (χ1n) is 8.54. The maximum atomic E-state index is 11.3. The highest BCUT2D eigenvalue weighted by atomic mass is 16.5. The lowest BCUT2D eigenvalue weighted by Crippen LogP contribution is -2.38. The summed E-state index contributed by atoms with van der Waals surface area (Å²) in [5, 5.41) is 11.6. The smallest absolute Gasteiger partial charge is 0.248 e. The van der Waals surface area contributed by atoms with Crippen LogP contribution in [-0.2, 0) is 4.74 Å². The van der Waals surface area contributed by atoms with Gasteiger partial charge >= 0.3 is 0 Å². The molecule has 2 atom stereocenters. The van der Waals surface area contributed by atoms with Crippen LogP contribution in [0.4, 0.5) is 0 Å². The Morgan fingerprint density at radius 3 is 2.75 bits per heavy atom. The van der Waals surface area contributed by atoms with E-state index in [-0.39, 0.29) is 12.1 Å².